The molecular formula is C17H18N8O. The van der Waals surface area contributed by atoms with Crippen molar-refractivity contribution in [2.75, 3.05) is 31.1 Å². The van der Waals surface area contributed by atoms with Gasteiger partial charge in [0.2, 0.25) is 5.95 Å². The molecule has 9 nitrogen and oxygen atoms in total. The Bertz CT molecular complexity index is 902. The molecule has 1 amide bonds. The maximum atomic E-state index is 12.9. The monoisotopic (exact) mass is 350 g/mol. The van der Waals surface area contributed by atoms with Gasteiger partial charge in [-0.3, -0.25) is 4.79 Å². The van der Waals surface area contributed by atoms with Crippen LogP contribution < -0.4 is 4.90 Å². The van der Waals surface area contributed by atoms with Gasteiger partial charge in [-0.2, -0.15) is 0 Å². The molecule has 1 aliphatic heterocycles. The van der Waals surface area contributed by atoms with Crippen LogP contribution in [-0.4, -0.2) is 67.2 Å². The molecule has 0 unspecified atom stereocenters. The Kier molecular flexibility index (Phi) is 4.26. The fourth-order valence-electron chi connectivity index (χ4n) is 3.01. The number of rotatable bonds is 3. The maximum Gasteiger partial charge on any atom is 0.253 e. The molecule has 9 heteroatoms. The van der Waals surface area contributed by atoms with Crippen molar-refractivity contribution >= 4 is 11.9 Å². The Morgan fingerprint density at radius 3 is 2.50 bits per heavy atom. The standard InChI is InChI=1S/C17H18N8O/c1-23-15(20-21-22-23)13-4-2-5-14(12-13)16(26)24-8-10-25(11-9-24)17-18-6-3-7-19-17/h2-7,12H,8-11H2,1H3. The average Bonchev–Trinajstić information content (AvgIpc) is 3.14. The lowest BCUT2D eigenvalue weighted by atomic mass is 10.1. The highest BCUT2D eigenvalue weighted by Crippen LogP contribution is 2.19. The molecule has 0 atom stereocenters. The van der Waals surface area contributed by atoms with Gasteiger partial charge < -0.3 is 9.80 Å². The second-order valence-electron chi connectivity index (χ2n) is 6.03. The van der Waals surface area contributed by atoms with E-state index in [1.807, 2.05) is 29.2 Å². The Morgan fingerprint density at radius 1 is 1.04 bits per heavy atom. The van der Waals surface area contributed by atoms with Crippen LogP contribution in [0, 0.1) is 0 Å². The van der Waals surface area contributed by atoms with Gasteiger partial charge >= 0.3 is 0 Å². The maximum absolute atomic E-state index is 12.9. The molecule has 0 bridgehead atoms. The first-order valence-electron chi connectivity index (χ1n) is 8.36. The van der Waals surface area contributed by atoms with E-state index >= 15 is 0 Å². The van der Waals surface area contributed by atoms with Crippen LogP contribution in [0.25, 0.3) is 11.4 Å². The number of aromatic nitrogens is 6. The summed E-state index contributed by atoms with van der Waals surface area (Å²) in [5, 5.41) is 11.5. The molecule has 0 spiro atoms. The molecule has 1 aliphatic rings. The molecule has 3 aromatic rings. The van der Waals surface area contributed by atoms with E-state index in [0.29, 0.717) is 43.5 Å². The molecule has 1 fully saturated rings. The number of hydrogen-bond donors (Lipinski definition) is 0. The quantitative estimate of drug-likeness (QED) is 0.684. The van der Waals surface area contributed by atoms with Gasteiger partial charge in [0.15, 0.2) is 5.82 Å². The number of aryl methyl sites for hydroxylation is 1. The topological polar surface area (TPSA) is 92.9 Å². The van der Waals surface area contributed by atoms with E-state index < -0.39 is 0 Å². The molecule has 3 heterocycles. The van der Waals surface area contributed by atoms with Crippen LogP contribution in [-0.2, 0) is 7.05 Å². The van der Waals surface area contributed by atoms with Crippen molar-refractivity contribution in [3.63, 3.8) is 0 Å². The van der Waals surface area contributed by atoms with Crippen molar-refractivity contribution in [3.8, 4) is 11.4 Å². The number of benzene rings is 1. The van der Waals surface area contributed by atoms with Crippen molar-refractivity contribution in [1.29, 1.82) is 0 Å². The van der Waals surface area contributed by atoms with E-state index in [4.69, 9.17) is 0 Å². The minimum absolute atomic E-state index is 0.00982. The summed E-state index contributed by atoms with van der Waals surface area (Å²) in [6, 6.07) is 9.20. The predicted molar refractivity (Wildman–Crippen MR) is 94.4 cm³/mol. The minimum Gasteiger partial charge on any atom is -0.337 e. The number of nitrogens with zero attached hydrogens (tertiary/aromatic N) is 8. The molecule has 2 aromatic heterocycles. The SMILES string of the molecule is Cn1nnnc1-c1cccc(C(=O)N2CCN(c3ncccn3)CC2)c1. The Hall–Kier alpha value is -3.36. The fourth-order valence-corrected chi connectivity index (χ4v) is 3.01. The normalized spacial score (nSPS) is 14.5. The van der Waals surface area contributed by atoms with Crippen molar-refractivity contribution < 1.29 is 4.79 Å². The van der Waals surface area contributed by atoms with E-state index in [1.54, 1.807) is 30.2 Å². The summed E-state index contributed by atoms with van der Waals surface area (Å²) >= 11 is 0. The third kappa shape index (κ3) is 3.10. The van der Waals surface area contributed by atoms with Gasteiger partial charge in [-0.25, -0.2) is 14.6 Å². The molecule has 0 radical (unpaired) electrons. The Morgan fingerprint density at radius 2 is 1.81 bits per heavy atom. The average molecular weight is 350 g/mol. The van der Waals surface area contributed by atoms with Gasteiger partial charge in [-0.05, 0) is 28.6 Å². The molecule has 1 aromatic carbocycles. The van der Waals surface area contributed by atoms with E-state index in [1.165, 1.54) is 0 Å². The molecule has 1 saturated heterocycles. The Balaban J connectivity index is 1.47. The first-order valence-corrected chi connectivity index (χ1v) is 8.36. The number of amides is 1. The molecule has 132 valence electrons. The molecule has 0 saturated carbocycles. The van der Waals surface area contributed by atoms with E-state index in [9.17, 15) is 4.79 Å². The molecular weight excluding hydrogens is 332 g/mol. The van der Waals surface area contributed by atoms with Crippen LogP contribution >= 0.6 is 0 Å². The predicted octanol–water partition coefficient (Wildman–Crippen LogP) is 0.629. The van der Waals surface area contributed by atoms with Gasteiger partial charge in [-0.15, -0.1) is 5.10 Å². The highest BCUT2D eigenvalue weighted by atomic mass is 16.2. The molecule has 4 rings (SSSR count). The summed E-state index contributed by atoms with van der Waals surface area (Å²) in [6.07, 6.45) is 3.46. The summed E-state index contributed by atoms with van der Waals surface area (Å²) in [5.74, 6) is 1.35. The van der Waals surface area contributed by atoms with Crippen LogP contribution in [0.3, 0.4) is 0 Å². The van der Waals surface area contributed by atoms with Gasteiger partial charge in [0.05, 0.1) is 0 Å². The first-order chi connectivity index (χ1) is 12.7. The number of carbonyl (C=O) groups excluding carboxylic acids is 1. The van der Waals surface area contributed by atoms with E-state index in [2.05, 4.69) is 30.4 Å². The van der Waals surface area contributed by atoms with Gasteiger partial charge in [0.1, 0.15) is 0 Å². The molecule has 0 aliphatic carbocycles. The zero-order valence-corrected chi connectivity index (χ0v) is 14.4. The van der Waals surface area contributed by atoms with Crippen LogP contribution in [0.1, 0.15) is 10.4 Å². The van der Waals surface area contributed by atoms with Crippen LogP contribution in [0.15, 0.2) is 42.7 Å². The number of anilines is 1. The van der Waals surface area contributed by atoms with Crippen LogP contribution in [0.2, 0.25) is 0 Å². The zero-order chi connectivity index (χ0) is 17.9. The summed E-state index contributed by atoms with van der Waals surface area (Å²) in [6.45, 7) is 2.69. The second kappa shape index (κ2) is 6.87. The van der Waals surface area contributed by atoms with Crippen molar-refractivity contribution in [2.45, 2.75) is 0 Å². The fraction of sp³-hybridized carbons (Fsp3) is 0.294. The van der Waals surface area contributed by atoms with Gasteiger partial charge in [-0.1, -0.05) is 12.1 Å². The first kappa shape index (κ1) is 16.1. The summed E-state index contributed by atoms with van der Waals surface area (Å²) in [4.78, 5) is 25.3. The summed E-state index contributed by atoms with van der Waals surface area (Å²) in [7, 11) is 1.77. The molecule has 26 heavy (non-hydrogen) atoms. The highest BCUT2D eigenvalue weighted by molar-refractivity contribution is 5.95. The van der Waals surface area contributed by atoms with E-state index in [-0.39, 0.29) is 5.91 Å². The minimum atomic E-state index is 0.00982. The lowest BCUT2D eigenvalue weighted by Gasteiger charge is -2.34. The van der Waals surface area contributed by atoms with Crippen molar-refractivity contribution in [2.24, 2.45) is 7.05 Å². The third-order valence-electron chi connectivity index (χ3n) is 4.39. The van der Waals surface area contributed by atoms with E-state index in [0.717, 1.165) is 5.56 Å². The van der Waals surface area contributed by atoms with Crippen LogP contribution in [0.4, 0.5) is 5.95 Å². The Labute approximate surface area is 150 Å². The van der Waals surface area contributed by atoms with Crippen molar-refractivity contribution in [3.05, 3.63) is 48.3 Å². The van der Waals surface area contributed by atoms with Crippen molar-refractivity contribution in [1.82, 2.24) is 35.1 Å². The molecule has 0 N–H and O–H groups in total. The summed E-state index contributed by atoms with van der Waals surface area (Å²) < 4.78 is 1.59. The number of piperazine rings is 1. The van der Waals surface area contributed by atoms with Gasteiger partial charge in [0.25, 0.3) is 5.91 Å². The number of tetrazole rings is 1. The van der Waals surface area contributed by atoms with Crippen LogP contribution in [0.5, 0.6) is 0 Å². The number of carbonyl (C=O) groups is 1. The summed E-state index contributed by atoms with van der Waals surface area (Å²) in [5.41, 5.74) is 1.45. The highest BCUT2D eigenvalue weighted by Gasteiger charge is 2.23. The largest absolute Gasteiger partial charge is 0.337 e. The lowest BCUT2D eigenvalue weighted by Crippen LogP contribution is -2.49. The third-order valence-corrected chi connectivity index (χ3v) is 4.39. The second-order valence-corrected chi connectivity index (χ2v) is 6.03. The number of hydrogen-bond acceptors (Lipinski definition) is 7. The smallest absolute Gasteiger partial charge is 0.253 e. The lowest BCUT2D eigenvalue weighted by molar-refractivity contribution is 0.0746. The van der Waals surface area contributed by atoms with Gasteiger partial charge in [0, 0.05) is 56.7 Å². The zero-order valence-electron chi connectivity index (χ0n) is 14.4.